The van der Waals surface area contributed by atoms with Crippen molar-refractivity contribution in [3.05, 3.63) is 29.3 Å². The highest BCUT2D eigenvalue weighted by atomic mass is 16.5. The molecule has 4 nitrogen and oxygen atoms in total. The summed E-state index contributed by atoms with van der Waals surface area (Å²) in [5, 5.41) is 2.64. The number of benzene rings is 1. The van der Waals surface area contributed by atoms with Crippen molar-refractivity contribution in [3.63, 3.8) is 0 Å². The molecule has 0 saturated carbocycles. The van der Waals surface area contributed by atoms with E-state index in [-0.39, 0.29) is 12.5 Å². The van der Waals surface area contributed by atoms with Crippen molar-refractivity contribution in [2.24, 2.45) is 5.73 Å². The lowest BCUT2D eigenvalue weighted by molar-refractivity contribution is -0.119. The van der Waals surface area contributed by atoms with E-state index in [1.807, 2.05) is 26.0 Å². The van der Waals surface area contributed by atoms with Crippen molar-refractivity contribution in [2.45, 2.75) is 13.8 Å². The van der Waals surface area contributed by atoms with Crippen LogP contribution in [0.25, 0.3) is 0 Å². The summed E-state index contributed by atoms with van der Waals surface area (Å²) in [6.07, 6.45) is 0. The topological polar surface area (TPSA) is 64.3 Å². The van der Waals surface area contributed by atoms with Crippen molar-refractivity contribution in [2.75, 3.05) is 19.7 Å². The van der Waals surface area contributed by atoms with Crippen LogP contribution in [0, 0.1) is 13.8 Å². The molecule has 0 atom stereocenters. The summed E-state index contributed by atoms with van der Waals surface area (Å²) in [7, 11) is 0. The van der Waals surface area contributed by atoms with E-state index < -0.39 is 0 Å². The van der Waals surface area contributed by atoms with E-state index >= 15 is 0 Å². The van der Waals surface area contributed by atoms with Gasteiger partial charge < -0.3 is 15.8 Å². The van der Waals surface area contributed by atoms with Gasteiger partial charge in [-0.05, 0) is 25.5 Å². The highest BCUT2D eigenvalue weighted by molar-refractivity contribution is 5.77. The molecule has 0 aliphatic rings. The number of hydrogen-bond donors (Lipinski definition) is 2. The summed E-state index contributed by atoms with van der Waals surface area (Å²) in [5.41, 5.74) is 7.46. The van der Waals surface area contributed by atoms with Crippen LogP contribution in [0.3, 0.4) is 0 Å². The van der Waals surface area contributed by atoms with Crippen LogP contribution in [0.15, 0.2) is 18.2 Å². The molecular formula is C12H18N2O2. The van der Waals surface area contributed by atoms with Gasteiger partial charge in [0.1, 0.15) is 12.4 Å². The van der Waals surface area contributed by atoms with Gasteiger partial charge in [0.25, 0.3) is 0 Å². The van der Waals surface area contributed by atoms with Crippen molar-refractivity contribution in [1.29, 1.82) is 0 Å². The number of carbonyl (C=O) groups is 1. The third-order valence-electron chi connectivity index (χ3n) is 2.20. The highest BCUT2D eigenvalue weighted by Crippen LogP contribution is 2.18. The number of nitrogens with two attached hydrogens (primary N) is 1. The second kappa shape index (κ2) is 6.12. The highest BCUT2D eigenvalue weighted by Gasteiger charge is 2.00. The van der Waals surface area contributed by atoms with Gasteiger partial charge in [0.15, 0.2) is 0 Å². The van der Waals surface area contributed by atoms with Crippen LogP contribution in [-0.4, -0.2) is 25.6 Å². The van der Waals surface area contributed by atoms with Crippen LogP contribution < -0.4 is 15.8 Å². The van der Waals surface area contributed by atoms with Gasteiger partial charge in [-0.2, -0.15) is 0 Å². The first-order chi connectivity index (χ1) is 7.63. The molecule has 0 aromatic heterocycles. The van der Waals surface area contributed by atoms with E-state index in [1.54, 1.807) is 0 Å². The quantitative estimate of drug-likeness (QED) is 0.723. The maximum absolute atomic E-state index is 10.8. The van der Waals surface area contributed by atoms with Crippen molar-refractivity contribution in [1.82, 2.24) is 5.32 Å². The standard InChI is InChI=1S/C12H18N2O2/c1-9-3-4-11(10(2)7-9)16-6-5-14-12(15)8-13/h3-4,7H,5-6,8,13H2,1-2H3,(H,14,15). The lowest BCUT2D eigenvalue weighted by atomic mass is 10.1. The van der Waals surface area contributed by atoms with Crippen LogP contribution in [0.1, 0.15) is 11.1 Å². The Hall–Kier alpha value is -1.55. The molecule has 4 heteroatoms. The Kier molecular flexibility index (Phi) is 4.79. The Bertz CT molecular complexity index is 364. The molecule has 3 N–H and O–H groups in total. The first-order valence-electron chi connectivity index (χ1n) is 5.30. The van der Waals surface area contributed by atoms with Gasteiger partial charge in [-0.3, -0.25) is 4.79 Å². The monoisotopic (exact) mass is 222 g/mol. The predicted octanol–water partition coefficient (Wildman–Crippen LogP) is 0.757. The molecule has 0 saturated heterocycles. The molecule has 0 heterocycles. The lowest BCUT2D eigenvalue weighted by Gasteiger charge is -2.10. The minimum Gasteiger partial charge on any atom is -0.491 e. The van der Waals surface area contributed by atoms with Gasteiger partial charge in [-0.15, -0.1) is 0 Å². The maximum Gasteiger partial charge on any atom is 0.233 e. The summed E-state index contributed by atoms with van der Waals surface area (Å²) in [6, 6.07) is 6.00. The Balaban J connectivity index is 2.35. The van der Waals surface area contributed by atoms with Crippen LogP contribution in [0.2, 0.25) is 0 Å². The molecular weight excluding hydrogens is 204 g/mol. The van der Waals surface area contributed by atoms with E-state index in [0.717, 1.165) is 11.3 Å². The third kappa shape index (κ3) is 3.90. The maximum atomic E-state index is 10.8. The average molecular weight is 222 g/mol. The number of aryl methyl sites for hydroxylation is 2. The molecule has 1 amide bonds. The number of carbonyl (C=O) groups excluding carboxylic acids is 1. The number of nitrogens with one attached hydrogen (secondary N) is 1. The zero-order valence-corrected chi connectivity index (χ0v) is 9.75. The molecule has 0 unspecified atom stereocenters. The van der Waals surface area contributed by atoms with Crippen LogP contribution in [0.4, 0.5) is 0 Å². The molecule has 16 heavy (non-hydrogen) atoms. The van der Waals surface area contributed by atoms with Gasteiger partial charge in [0.05, 0.1) is 13.1 Å². The molecule has 0 radical (unpaired) electrons. The smallest absolute Gasteiger partial charge is 0.233 e. The summed E-state index contributed by atoms with van der Waals surface area (Å²) in [5.74, 6) is 0.692. The fraction of sp³-hybridized carbons (Fsp3) is 0.417. The molecule has 0 aliphatic carbocycles. The second-order valence-corrected chi connectivity index (χ2v) is 3.67. The average Bonchev–Trinajstić information content (AvgIpc) is 2.26. The Morgan fingerprint density at radius 3 is 2.81 bits per heavy atom. The van der Waals surface area contributed by atoms with E-state index in [4.69, 9.17) is 10.5 Å². The molecule has 1 aromatic rings. The largest absolute Gasteiger partial charge is 0.491 e. The van der Waals surface area contributed by atoms with Crippen molar-refractivity contribution < 1.29 is 9.53 Å². The van der Waals surface area contributed by atoms with Gasteiger partial charge in [0.2, 0.25) is 5.91 Å². The molecule has 0 bridgehead atoms. The summed E-state index contributed by atoms with van der Waals surface area (Å²) >= 11 is 0. The van der Waals surface area contributed by atoms with Crippen LogP contribution >= 0.6 is 0 Å². The second-order valence-electron chi connectivity index (χ2n) is 3.67. The summed E-state index contributed by atoms with van der Waals surface area (Å²) in [4.78, 5) is 10.8. The first kappa shape index (κ1) is 12.5. The molecule has 1 aromatic carbocycles. The van der Waals surface area contributed by atoms with Gasteiger partial charge >= 0.3 is 0 Å². The van der Waals surface area contributed by atoms with E-state index in [0.29, 0.717) is 13.2 Å². The van der Waals surface area contributed by atoms with Crippen LogP contribution in [-0.2, 0) is 4.79 Å². The number of amides is 1. The lowest BCUT2D eigenvalue weighted by Crippen LogP contribution is -2.33. The molecule has 88 valence electrons. The zero-order valence-electron chi connectivity index (χ0n) is 9.75. The van der Waals surface area contributed by atoms with Gasteiger partial charge in [-0.25, -0.2) is 0 Å². The predicted molar refractivity (Wildman–Crippen MR) is 63.5 cm³/mol. The summed E-state index contributed by atoms with van der Waals surface area (Å²) < 4.78 is 5.53. The number of rotatable bonds is 5. The minimum atomic E-state index is -0.163. The SMILES string of the molecule is Cc1ccc(OCCNC(=O)CN)c(C)c1. The van der Waals surface area contributed by atoms with E-state index in [2.05, 4.69) is 11.4 Å². The molecule has 0 spiro atoms. The van der Waals surface area contributed by atoms with Gasteiger partial charge in [-0.1, -0.05) is 17.7 Å². The fourth-order valence-electron chi connectivity index (χ4n) is 1.38. The first-order valence-corrected chi connectivity index (χ1v) is 5.30. The normalized spacial score (nSPS) is 9.94. The Morgan fingerprint density at radius 1 is 1.44 bits per heavy atom. The van der Waals surface area contributed by atoms with E-state index in [1.165, 1.54) is 5.56 Å². The third-order valence-corrected chi connectivity index (χ3v) is 2.20. The van der Waals surface area contributed by atoms with E-state index in [9.17, 15) is 4.79 Å². The Labute approximate surface area is 95.8 Å². The van der Waals surface area contributed by atoms with Gasteiger partial charge in [0, 0.05) is 0 Å². The number of ether oxygens (including phenoxy) is 1. The molecule has 0 fully saturated rings. The summed E-state index contributed by atoms with van der Waals surface area (Å²) in [6.45, 7) is 4.99. The Morgan fingerprint density at radius 2 is 2.19 bits per heavy atom. The molecule has 1 rings (SSSR count). The zero-order chi connectivity index (χ0) is 12.0. The van der Waals surface area contributed by atoms with Crippen molar-refractivity contribution in [3.8, 4) is 5.75 Å². The molecule has 0 aliphatic heterocycles. The van der Waals surface area contributed by atoms with Crippen molar-refractivity contribution >= 4 is 5.91 Å². The number of hydrogen-bond acceptors (Lipinski definition) is 3. The van der Waals surface area contributed by atoms with Crippen LogP contribution in [0.5, 0.6) is 5.75 Å². The minimum absolute atomic E-state index is 0.0174. The fourth-order valence-corrected chi connectivity index (χ4v) is 1.38.